The normalized spacial score (nSPS) is 16.1. The molecule has 4 nitrogen and oxygen atoms in total. The lowest BCUT2D eigenvalue weighted by molar-refractivity contribution is -0.187. The van der Waals surface area contributed by atoms with Crippen molar-refractivity contribution in [2.45, 2.75) is 31.6 Å². The third-order valence-electron chi connectivity index (χ3n) is 3.02. The zero-order chi connectivity index (χ0) is 15.6. The van der Waals surface area contributed by atoms with E-state index in [0.29, 0.717) is 18.2 Å². The third kappa shape index (κ3) is 3.41. The maximum absolute atomic E-state index is 12.6. The van der Waals surface area contributed by atoms with Crippen molar-refractivity contribution in [1.82, 2.24) is 5.32 Å². The van der Waals surface area contributed by atoms with E-state index in [0.717, 1.165) is 0 Å². The van der Waals surface area contributed by atoms with Gasteiger partial charge in [0.2, 0.25) is 5.91 Å². The lowest BCUT2D eigenvalue weighted by atomic mass is 10.0. The highest BCUT2D eigenvalue weighted by molar-refractivity contribution is 5.86. The molecule has 0 bridgehead atoms. The van der Waals surface area contributed by atoms with Crippen molar-refractivity contribution in [3.8, 4) is 5.75 Å². The van der Waals surface area contributed by atoms with Crippen molar-refractivity contribution in [1.29, 1.82) is 0 Å². The van der Waals surface area contributed by atoms with Crippen LogP contribution < -0.4 is 15.8 Å². The number of nitrogens with two attached hydrogens (primary N) is 1. The molecule has 0 radical (unpaired) electrons. The number of carbonyl (C=O) groups excluding carboxylic acids is 1. The second kappa shape index (κ2) is 5.70. The van der Waals surface area contributed by atoms with Gasteiger partial charge in [0.15, 0.2) is 5.54 Å². The van der Waals surface area contributed by atoms with Crippen LogP contribution in [0, 0.1) is 0 Å². The Bertz CT molecular complexity index is 469. The van der Waals surface area contributed by atoms with Gasteiger partial charge in [0.05, 0.1) is 13.2 Å². The average molecular weight is 290 g/mol. The molecule has 1 amide bonds. The first-order valence-electron chi connectivity index (χ1n) is 5.90. The van der Waals surface area contributed by atoms with Crippen molar-refractivity contribution in [2.75, 3.05) is 7.11 Å². The maximum Gasteiger partial charge on any atom is 0.415 e. The molecule has 0 saturated heterocycles. The first-order valence-corrected chi connectivity index (χ1v) is 5.90. The molecule has 0 aliphatic carbocycles. The lowest BCUT2D eigenvalue weighted by Crippen LogP contribution is -2.61. The van der Waals surface area contributed by atoms with E-state index in [2.05, 4.69) is 5.32 Å². The summed E-state index contributed by atoms with van der Waals surface area (Å²) in [6, 6.07) is 6.03. The minimum Gasteiger partial charge on any atom is -0.497 e. The molecule has 0 aliphatic rings. The van der Waals surface area contributed by atoms with E-state index in [4.69, 9.17) is 10.5 Å². The minimum atomic E-state index is -4.81. The largest absolute Gasteiger partial charge is 0.497 e. The summed E-state index contributed by atoms with van der Waals surface area (Å²) in [6.07, 6.45) is -4.81. The van der Waals surface area contributed by atoms with Crippen molar-refractivity contribution in [3.05, 3.63) is 29.8 Å². The maximum atomic E-state index is 12.6. The van der Waals surface area contributed by atoms with Gasteiger partial charge in [-0.25, -0.2) is 0 Å². The van der Waals surface area contributed by atoms with Crippen LogP contribution in [0.3, 0.4) is 0 Å². The summed E-state index contributed by atoms with van der Waals surface area (Å²) in [5, 5.41) is 2.26. The zero-order valence-corrected chi connectivity index (χ0v) is 11.4. The van der Waals surface area contributed by atoms with E-state index in [-0.39, 0.29) is 0 Å². The Balaban J connectivity index is 2.79. The van der Waals surface area contributed by atoms with Crippen LogP contribution in [0.5, 0.6) is 5.75 Å². The van der Waals surface area contributed by atoms with E-state index in [1.165, 1.54) is 7.11 Å². The molecule has 3 N–H and O–H groups in total. The van der Waals surface area contributed by atoms with Crippen LogP contribution >= 0.6 is 0 Å². The van der Waals surface area contributed by atoms with Crippen LogP contribution in [0.25, 0.3) is 0 Å². The van der Waals surface area contributed by atoms with Gasteiger partial charge in [-0.05, 0) is 31.5 Å². The number of hydrogen-bond donors (Lipinski definition) is 2. The standard InChI is InChI=1S/C13H17F3N2O2/c1-8(9-4-6-10(20-3)7-5-9)18-11(19)12(2,17)13(14,15)16/h4-8H,17H2,1-3H3,(H,18,19)/t8-,12?/m1/s1. The summed E-state index contributed by atoms with van der Waals surface area (Å²) in [6.45, 7) is 2.22. The number of benzene rings is 1. The van der Waals surface area contributed by atoms with Gasteiger partial charge in [-0.15, -0.1) is 0 Å². The number of nitrogens with one attached hydrogen (secondary N) is 1. The monoisotopic (exact) mass is 290 g/mol. The van der Waals surface area contributed by atoms with Crippen molar-refractivity contribution < 1.29 is 22.7 Å². The van der Waals surface area contributed by atoms with Crippen molar-refractivity contribution in [2.24, 2.45) is 5.73 Å². The smallest absolute Gasteiger partial charge is 0.415 e. The second-order valence-electron chi connectivity index (χ2n) is 4.67. The first-order chi connectivity index (χ1) is 9.09. The molecule has 2 atom stereocenters. The van der Waals surface area contributed by atoms with Gasteiger partial charge in [-0.2, -0.15) is 13.2 Å². The Morgan fingerprint density at radius 3 is 2.20 bits per heavy atom. The highest BCUT2D eigenvalue weighted by atomic mass is 19.4. The van der Waals surface area contributed by atoms with E-state index in [9.17, 15) is 18.0 Å². The van der Waals surface area contributed by atoms with Gasteiger partial charge in [0.1, 0.15) is 5.75 Å². The average Bonchev–Trinajstić information content (AvgIpc) is 2.37. The molecule has 20 heavy (non-hydrogen) atoms. The fourth-order valence-electron chi connectivity index (χ4n) is 1.45. The number of amides is 1. The quantitative estimate of drug-likeness (QED) is 0.893. The van der Waals surface area contributed by atoms with Crippen LogP contribution in [-0.2, 0) is 4.79 Å². The number of hydrogen-bond acceptors (Lipinski definition) is 3. The molecule has 1 rings (SSSR count). The van der Waals surface area contributed by atoms with Crippen LogP contribution in [-0.4, -0.2) is 24.7 Å². The highest BCUT2D eigenvalue weighted by Gasteiger charge is 2.54. The fourth-order valence-corrected chi connectivity index (χ4v) is 1.45. The van der Waals surface area contributed by atoms with Gasteiger partial charge < -0.3 is 15.8 Å². The molecule has 0 aliphatic heterocycles. The van der Waals surface area contributed by atoms with Gasteiger partial charge in [-0.3, -0.25) is 4.79 Å². The number of carbonyl (C=O) groups is 1. The summed E-state index contributed by atoms with van der Waals surface area (Å²) in [7, 11) is 1.50. The van der Waals surface area contributed by atoms with Crippen molar-refractivity contribution >= 4 is 5.91 Å². The number of rotatable bonds is 4. The number of alkyl halides is 3. The molecule has 1 unspecified atom stereocenters. The summed E-state index contributed by atoms with van der Waals surface area (Å²) >= 11 is 0. The molecule has 0 heterocycles. The predicted molar refractivity (Wildman–Crippen MR) is 68.2 cm³/mol. The summed E-state index contributed by atoms with van der Waals surface area (Å²) in [5.41, 5.74) is 2.78. The molecule has 0 aromatic heterocycles. The number of methoxy groups -OCH3 is 1. The number of halogens is 3. The summed E-state index contributed by atoms with van der Waals surface area (Å²) in [5.74, 6) is -0.653. The van der Waals surface area contributed by atoms with Crippen LogP contribution in [0.15, 0.2) is 24.3 Å². The Kier molecular flexibility index (Phi) is 4.65. The Morgan fingerprint density at radius 2 is 1.80 bits per heavy atom. The zero-order valence-electron chi connectivity index (χ0n) is 11.4. The molecule has 0 saturated carbocycles. The molecule has 7 heteroatoms. The van der Waals surface area contributed by atoms with Gasteiger partial charge in [0.25, 0.3) is 0 Å². The highest BCUT2D eigenvalue weighted by Crippen LogP contribution is 2.28. The van der Waals surface area contributed by atoms with E-state index >= 15 is 0 Å². The number of ether oxygens (including phenoxy) is 1. The molecule has 0 spiro atoms. The van der Waals surface area contributed by atoms with Gasteiger partial charge in [-0.1, -0.05) is 12.1 Å². The molecular weight excluding hydrogens is 273 g/mol. The van der Waals surface area contributed by atoms with Crippen molar-refractivity contribution in [3.63, 3.8) is 0 Å². The topological polar surface area (TPSA) is 64.3 Å². The van der Waals surface area contributed by atoms with E-state index in [1.807, 2.05) is 0 Å². The summed E-state index contributed by atoms with van der Waals surface area (Å²) < 4.78 is 42.9. The molecule has 1 aromatic carbocycles. The first kappa shape index (κ1) is 16.3. The van der Waals surface area contributed by atoms with Crippen LogP contribution in [0.2, 0.25) is 0 Å². The fraction of sp³-hybridized carbons (Fsp3) is 0.462. The van der Waals surface area contributed by atoms with Crippen LogP contribution in [0.4, 0.5) is 13.2 Å². The van der Waals surface area contributed by atoms with Crippen LogP contribution in [0.1, 0.15) is 25.5 Å². The van der Waals surface area contributed by atoms with E-state index < -0.39 is 23.7 Å². The Hall–Kier alpha value is -1.76. The molecule has 112 valence electrons. The Morgan fingerprint density at radius 1 is 1.30 bits per heavy atom. The minimum absolute atomic E-state index is 0.598. The Labute approximate surface area is 115 Å². The lowest BCUT2D eigenvalue weighted by Gasteiger charge is -2.28. The SMILES string of the molecule is COc1ccc([C@@H](C)NC(=O)C(C)(N)C(F)(F)F)cc1. The molecule has 1 aromatic rings. The van der Waals surface area contributed by atoms with Gasteiger partial charge >= 0.3 is 6.18 Å². The molecule has 0 fully saturated rings. The van der Waals surface area contributed by atoms with E-state index in [1.54, 1.807) is 31.2 Å². The third-order valence-corrected chi connectivity index (χ3v) is 3.02. The second-order valence-corrected chi connectivity index (χ2v) is 4.67. The molecular formula is C13H17F3N2O2. The predicted octanol–water partition coefficient (Wildman–Crippen LogP) is 2.15. The van der Waals surface area contributed by atoms with Gasteiger partial charge in [0, 0.05) is 0 Å². The summed E-state index contributed by atoms with van der Waals surface area (Å²) in [4.78, 5) is 11.6.